The molecule has 1 saturated carbocycles. The Bertz CT molecular complexity index is 855. The van der Waals surface area contributed by atoms with Gasteiger partial charge in [-0.15, -0.1) is 21.5 Å². The maximum Gasteiger partial charge on any atom is 0.289 e. The third-order valence-electron chi connectivity index (χ3n) is 6.49. The van der Waals surface area contributed by atoms with Crippen molar-refractivity contribution in [3.63, 3.8) is 0 Å². The molecule has 1 aliphatic carbocycles. The van der Waals surface area contributed by atoms with Crippen molar-refractivity contribution >= 4 is 17.2 Å². The molecule has 1 N–H and O–H groups in total. The van der Waals surface area contributed by atoms with Crippen LogP contribution < -0.4 is 5.32 Å². The van der Waals surface area contributed by atoms with Crippen LogP contribution >= 0.6 is 11.3 Å². The highest BCUT2D eigenvalue weighted by atomic mass is 32.1. The van der Waals surface area contributed by atoms with Crippen molar-refractivity contribution in [3.8, 4) is 0 Å². The van der Waals surface area contributed by atoms with Gasteiger partial charge in [0.25, 0.3) is 5.91 Å². The molecule has 0 aromatic carbocycles. The van der Waals surface area contributed by atoms with Gasteiger partial charge in [0, 0.05) is 50.2 Å². The Morgan fingerprint density at radius 3 is 2.82 bits per heavy atom. The number of hydrogen-bond donors (Lipinski definition) is 1. The quantitative estimate of drug-likeness (QED) is 0.852. The zero-order chi connectivity index (χ0) is 19.1. The molecule has 28 heavy (non-hydrogen) atoms. The van der Waals surface area contributed by atoms with Crippen LogP contribution in [0.15, 0.2) is 11.4 Å². The van der Waals surface area contributed by atoms with Crippen LogP contribution in [0.1, 0.15) is 58.6 Å². The summed E-state index contributed by atoms with van der Waals surface area (Å²) in [5.74, 6) is 1.39. The largest absolute Gasteiger partial charge is 0.347 e. The number of aryl methyl sites for hydroxylation is 1. The van der Waals surface area contributed by atoms with Crippen LogP contribution in [0.2, 0.25) is 0 Å². The lowest BCUT2D eigenvalue weighted by atomic mass is 10.1. The lowest BCUT2D eigenvalue weighted by Gasteiger charge is -2.43. The minimum Gasteiger partial charge on any atom is -0.347 e. The zero-order valence-corrected chi connectivity index (χ0v) is 17.2. The van der Waals surface area contributed by atoms with Crippen LogP contribution in [0.5, 0.6) is 0 Å². The molecule has 0 bridgehead atoms. The number of amides is 1. The lowest BCUT2D eigenvalue weighted by Crippen LogP contribution is -2.52. The van der Waals surface area contributed by atoms with Crippen LogP contribution in [0.25, 0.3) is 0 Å². The molecule has 1 saturated heterocycles. The predicted octanol–water partition coefficient (Wildman–Crippen LogP) is 2.19. The van der Waals surface area contributed by atoms with Crippen LogP contribution in [0.3, 0.4) is 0 Å². The Morgan fingerprint density at radius 1 is 1.21 bits per heavy atom. The zero-order valence-electron chi connectivity index (χ0n) is 16.4. The first-order valence-corrected chi connectivity index (χ1v) is 11.3. The normalized spacial score (nSPS) is 23.5. The Hall–Kier alpha value is -1.77. The topological polar surface area (TPSA) is 66.3 Å². The van der Waals surface area contributed by atoms with E-state index in [0.717, 1.165) is 57.9 Å². The number of piperazine rings is 1. The number of nitrogens with one attached hydrogen (secondary N) is 1. The molecule has 0 unspecified atom stereocenters. The fraction of sp³-hybridized carbons (Fsp3) is 0.650. The highest BCUT2D eigenvalue weighted by molar-refractivity contribution is 7.10. The molecule has 0 spiro atoms. The monoisotopic (exact) mass is 400 g/mol. The van der Waals surface area contributed by atoms with E-state index in [1.165, 1.54) is 23.3 Å². The minimum atomic E-state index is -0.0547. The lowest BCUT2D eigenvalue weighted by molar-refractivity contribution is 0.0462. The van der Waals surface area contributed by atoms with Crippen molar-refractivity contribution in [1.82, 2.24) is 29.9 Å². The van der Waals surface area contributed by atoms with E-state index in [0.29, 0.717) is 11.9 Å². The summed E-state index contributed by atoms with van der Waals surface area (Å²) in [6.07, 6.45) is 4.58. The first kappa shape index (κ1) is 18.3. The van der Waals surface area contributed by atoms with Gasteiger partial charge in [-0.25, -0.2) is 0 Å². The number of nitrogens with zero attached hydrogens (tertiary/aromatic N) is 5. The summed E-state index contributed by atoms with van der Waals surface area (Å²) in [5.41, 5.74) is 1.38. The maximum absolute atomic E-state index is 12.8. The summed E-state index contributed by atoms with van der Waals surface area (Å²) in [6.45, 7) is 8.02. The molecule has 2 aromatic rings. The van der Waals surface area contributed by atoms with Gasteiger partial charge in [0.2, 0.25) is 5.82 Å². The Balaban J connectivity index is 1.32. The standard InChI is InChI=1S/C20H28N6OS/c1-14-6-11-28-17(14)13-24-7-8-25-9-10-26-18(16(25)12-24)22-23-19(26)20(27)21-15-4-2-3-5-15/h6,11,15-16H,2-5,7-10,12-13H2,1H3,(H,21,27)/t16-/m0/s1. The molecule has 5 rings (SSSR count). The van der Waals surface area contributed by atoms with Gasteiger partial charge in [-0.3, -0.25) is 14.6 Å². The predicted molar refractivity (Wildman–Crippen MR) is 108 cm³/mol. The molecule has 1 atom stereocenters. The van der Waals surface area contributed by atoms with E-state index in [1.54, 1.807) is 0 Å². The van der Waals surface area contributed by atoms with Crippen molar-refractivity contribution in [2.24, 2.45) is 0 Å². The van der Waals surface area contributed by atoms with Gasteiger partial charge >= 0.3 is 0 Å². The van der Waals surface area contributed by atoms with Crippen LogP contribution in [-0.4, -0.2) is 62.7 Å². The molecule has 7 nitrogen and oxygen atoms in total. The smallest absolute Gasteiger partial charge is 0.289 e. The number of carbonyl (C=O) groups is 1. The molecule has 4 heterocycles. The van der Waals surface area contributed by atoms with Crippen molar-refractivity contribution < 1.29 is 4.79 Å². The van der Waals surface area contributed by atoms with Gasteiger partial charge in [0.05, 0.1) is 6.04 Å². The molecule has 1 amide bonds. The summed E-state index contributed by atoms with van der Waals surface area (Å²) in [4.78, 5) is 19.2. The molecular weight excluding hydrogens is 372 g/mol. The van der Waals surface area contributed by atoms with E-state index < -0.39 is 0 Å². The highest BCUT2D eigenvalue weighted by Crippen LogP contribution is 2.30. The van der Waals surface area contributed by atoms with Gasteiger partial charge in [-0.2, -0.15) is 0 Å². The number of thiophene rings is 1. The number of aromatic nitrogens is 3. The minimum absolute atomic E-state index is 0.0547. The molecule has 2 aliphatic heterocycles. The third kappa shape index (κ3) is 3.38. The van der Waals surface area contributed by atoms with Crippen LogP contribution in [0, 0.1) is 6.92 Å². The summed E-state index contributed by atoms with van der Waals surface area (Å²) in [7, 11) is 0. The highest BCUT2D eigenvalue weighted by Gasteiger charge is 2.37. The number of carbonyl (C=O) groups excluding carboxylic acids is 1. The summed E-state index contributed by atoms with van der Waals surface area (Å²) >= 11 is 1.84. The molecule has 2 fully saturated rings. The van der Waals surface area contributed by atoms with Crippen LogP contribution in [0.4, 0.5) is 0 Å². The Labute approximate surface area is 169 Å². The molecule has 8 heteroatoms. The second kappa shape index (κ2) is 7.57. The van der Waals surface area contributed by atoms with E-state index in [2.05, 4.69) is 48.3 Å². The van der Waals surface area contributed by atoms with Crippen molar-refractivity contribution in [3.05, 3.63) is 33.5 Å². The average Bonchev–Trinajstić information content (AvgIpc) is 3.43. The van der Waals surface area contributed by atoms with Crippen molar-refractivity contribution in [2.45, 2.75) is 57.8 Å². The first-order chi connectivity index (χ1) is 13.7. The van der Waals surface area contributed by atoms with Gasteiger partial charge in [-0.05, 0) is 36.8 Å². The van der Waals surface area contributed by atoms with Gasteiger partial charge in [-0.1, -0.05) is 12.8 Å². The van der Waals surface area contributed by atoms with Gasteiger partial charge < -0.3 is 9.88 Å². The molecule has 0 radical (unpaired) electrons. The van der Waals surface area contributed by atoms with Crippen molar-refractivity contribution in [2.75, 3.05) is 26.2 Å². The number of rotatable bonds is 4. The molecule has 3 aliphatic rings. The average molecular weight is 401 g/mol. The molecule has 150 valence electrons. The Morgan fingerprint density at radius 2 is 2.04 bits per heavy atom. The Kier molecular flexibility index (Phi) is 4.94. The van der Waals surface area contributed by atoms with Gasteiger partial charge in [0.1, 0.15) is 0 Å². The van der Waals surface area contributed by atoms with E-state index in [-0.39, 0.29) is 11.9 Å². The number of hydrogen-bond acceptors (Lipinski definition) is 6. The fourth-order valence-corrected chi connectivity index (χ4v) is 5.75. The SMILES string of the molecule is Cc1ccsc1CN1CCN2CCn3c(C(=O)NC4CCCC4)nnc3[C@@H]2C1. The molecular formula is C20H28N6OS. The summed E-state index contributed by atoms with van der Waals surface area (Å²) in [6, 6.07) is 2.73. The summed E-state index contributed by atoms with van der Waals surface area (Å²) < 4.78 is 2.06. The van der Waals surface area contributed by atoms with E-state index in [4.69, 9.17) is 0 Å². The second-order valence-corrected chi connectivity index (χ2v) is 9.30. The van der Waals surface area contributed by atoms with Gasteiger partial charge in [0.15, 0.2) is 5.82 Å². The second-order valence-electron chi connectivity index (χ2n) is 8.30. The fourth-order valence-electron chi connectivity index (χ4n) is 4.80. The van der Waals surface area contributed by atoms with E-state index >= 15 is 0 Å². The maximum atomic E-state index is 12.8. The van der Waals surface area contributed by atoms with E-state index in [1.807, 2.05) is 11.3 Å². The number of fused-ring (bicyclic) bond motifs is 3. The van der Waals surface area contributed by atoms with Crippen LogP contribution in [-0.2, 0) is 13.1 Å². The van der Waals surface area contributed by atoms with E-state index in [9.17, 15) is 4.79 Å². The van der Waals surface area contributed by atoms with Crippen molar-refractivity contribution in [1.29, 1.82) is 0 Å². The first-order valence-electron chi connectivity index (χ1n) is 10.4. The molecule has 2 aromatic heterocycles. The summed E-state index contributed by atoms with van der Waals surface area (Å²) in [5, 5.41) is 14.1. The third-order valence-corrected chi connectivity index (χ3v) is 7.50.